The number of carbonyl (C=O) groups is 1. The molecule has 1 aromatic carbocycles. The molecule has 0 aliphatic rings. The first kappa shape index (κ1) is 22.8. The van der Waals surface area contributed by atoms with Gasteiger partial charge in [0.1, 0.15) is 5.82 Å². The van der Waals surface area contributed by atoms with Crippen LogP contribution in [0.4, 0.5) is 5.82 Å². The summed E-state index contributed by atoms with van der Waals surface area (Å²) in [6.45, 7) is 16.4. The highest BCUT2D eigenvalue weighted by Crippen LogP contribution is 2.23. The number of hydrogen-bond donors (Lipinski definition) is 1. The minimum atomic E-state index is -0.0554. The highest BCUT2D eigenvalue weighted by Gasteiger charge is 2.17. The first-order chi connectivity index (χ1) is 14.5. The number of carbonyl (C=O) groups excluding carboxylic acids is 1. The Morgan fingerprint density at radius 2 is 1.74 bits per heavy atom. The number of rotatable bonds is 7. The summed E-state index contributed by atoms with van der Waals surface area (Å²) in [4.78, 5) is 12.8. The number of hydrogen-bond acceptors (Lipinski definition) is 3. The van der Waals surface area contributed by atoms with Crippen molar-refractivity contribution < 1.29 is 4.79 Å². The van der Waals surface area contributed by atoms with Crippen LogP contribution in [0, 0.1) is 19.8 Å². The van der Waals surface area contributed by atoms with E-state index < -0.39 is 0 Å². The predicted molar refractivity (Wildman–Crippen MR) is 125 cm³/mol. The number of amides is 1. The van der Waals surface area contributed by atoms with Crippen LogP contribution < -0.4 is 5.32 Å². The van der Waals surface area contributed by atoms with E-state index in [2.05, 4.69) is 74.4 Å². The Bertz CT molecular complexity index is 1040. The highest BCUT2D eigenvalue weighted by molar-refractivity contribution is 5.91. The van der Waals surface area contributed by atoms with Crippen molar-refractivity contribution in [3.8, 4) is 0 Å². The number of anilines is 1. The van der Waals surface area contributed by atoms with E-state index in [4.69, 9.17) is 0 Å². The maximum Gasteiger partial charge on any atom is 0.230 e. The van der Waals surface area contributed by atoms with Crippen molar-refractivity contribution in [2.75, 3.05) is 5.32 Å². The van der Waals surface area contributed by atoms with E-state index in [9.17, 15) is 4.79 Å². The third kappa shape index (κ3) is 5.63. The Labute approximate surface area is 185 Å². The molecule has 0 spiro atoms. The summed E-state index contributed by atoms with van der Waals surface area (Å²) < 4.78 is 3.83. The zero-order chi connectivity index (χ0) is 22.8. The maximum atomic E-state index is 12.8. The Kier molecular flexibility index (Phi) is 6.68. The number of aryl methyl sites for hydroxylation is 1. The van der Waals surface area contributed by atoms with Gasteiger partial charge in [-0.2, -0.15) is 10.2 Å². The summed E-state index contributed by atoms with van der Waals surface area (Å²) in [5.74, 6) is 1.15. The molecule has 6 heteroatoms. The molecule has 0 bridgehead atoms. The lowest BCUT2D eigenvalue weighted by Crippen LogP contribution is -2.19. The van der Waals surface area contributed by atoms with E-state index in [0.29, 0.717) is 24.7 Å². The van der Waals surface area contributed by atoms with Gasteiger partial charge in [-0.1, -0.05) is 58.9 Å². The fourth-order valence-corrected chi connectivity index (χ4v) is 3.71. The van der Waals surface area contributed by atoms with Crippen LogP contribution in [-0.4, -0.2) is 25.5 Å². The molecule has 0 unspecified atom stereocenters. The maximum absolute atomic E-state index is 12.8. The van der Waals surface area contributed by atoms with E-state index in [1.165, 1.54) is 5.56 Å². The van der Waals surface area contributed by atoms with E-state index >= 15 is 0 Å². The van der Waals surface area contributed by atoms with Gasteiger partial charge in [0.15, 0.2) is 0 Å². The molecule has 0 radical (unpaired) electrons. The smallest absolute Gasteiger partial charge is 0.230 e. The summed E-state index contributed by atoms with van der Waals surface area (Å²) in [7, 11) is 0. The normalized spacial score (nSPS) is 11.9. The van der Waals surface area contributed by atoms with Crippen LogP contribution in [0.5, 0.6) is 0 Å². The van der Waals surface area contributed by atoms with Crippen molar-refractivity contribution in [1.29, 1.82) is 0 Å². The zero-order valence-electron chi connectivity index (χ0n) is 19.9. The summed E-state index contributed by atoms with van der Waals surface area (Å²) in [5, 5.41) is 12.0. The van der Waals surface area contributed by atoms with Gasteiger partial charge >= 0.3 is 0 Å². The lowest BCUT2D eigenvalue weighted by atomic mass is 9.87. The molecule has 166 valence electrons. The number of nitrogens with zero attached hydrogens (tertiary/aromatic N) is 4. The molecule has 0 saturated carbocycles. The van der Waals surface area contributed by atoms with Gasteiger partial charge in [0, 0.05) is 23.9 Å². The fourth-order valence-electron chi connectivity index (χ4n) is 3.71. The van der Waals surface area contributed by atoms with Crippen molar-refractivity contribution in [1.82, 2.24) is 19.6 Å². The average molecular weight is 422 g/mol. The molecule has 0 atom stereocenters. The van der Waals surface area contributed by atoms with Crippen molar-refractivity contribution in [2.45, 2.75) is 73.4 Å². The summed E-state index contributed by atoms with van der Waals surface area (Å²) in [6.07, 6.45) is 2.03. The van der Waals surface area contributed by atoms with E-state index in [1.807, 2.05) is 29.3 Å². The molecular formula is C25H35N5O. The van der Waals surface area contributed by atoms with E-state index in [0.717, 1.165) is 29.1 Å². The van der Waals surface area contributed by atoms with Gasteiger partial charge in [0.2, 0.25) is 5.91 Å². The van der Waals surface area contributed by atoms with Crippen LogP contribution in [0.3, 0.4) is 0 Å². The quantitative estimate of drug-likeness (QED) is 0.591. The summed E-state index contributed by atoms with van der Waals surface area (Å²) in [5.41, 5.74) is 5.56. The van der Waals surface area contributed by atoms with Crippen LogP contribution in [0.1, 0.15) is 62.7 Å². The van der Waals surface area contributed by atoms with Gasteiger partial charge in [0.05, 0.1) is 24.9 Å². The van der Waals surface area contributed by atoms with Crippen LogP contribution in [0.15, 0.2) is 36.5 Å². The molecule has 0 aliphatic heterocycles. The standard InChI is InChI=1S/C25H35N5O/c1-17(2)15-29-19(4)22(18(3)28-29)14-24(31)27-23-12-13-26-30(23)16-20-8-10-21(11-9-20)25(5,6)7/h8-13,17H,14-16H2,1-7H3,(H,27,31). The van der Waals surface area contributed by atoms with E-state index in [1.54, 1.807) is 6.20 Å². The van der Waals surface area contributed by atoms with Crippen molar-refractivity contribution in [2.24, 2.45) is 5.92 Å². The Morgan fingerprint density at radius 3 is 2.35 bits per heavy atom. The van der Waals surface area contributed by atoms with Crippen LogP contribution in [0.25, 0.3) is 0 Å². The van der Waals surface area contributed by atoms with Crippen molar-refractivity contribution in [3.63, 3.8) is 0 Å². The second kappa shape index (κ2) is 9.08. The first-order valence-corrected chi connectivity index (χ1v) is 11.0. The molecule has 6 nitrogen and oxygen atoms in total. The third-order valence-corrected chi connectivity index (χ3v) is 5.54. The lowest BCUT2D eigenvalue weighted by molar-refractivity contribution is -0.115. The number of benzene rings is 1. The van der Waals surface area contributed by atoms with Crippen molar-refractivity contribution >= 4 is 11.7 Å². The topological polar surface area (TPSA) is 64.7 Å². The monoisotopic (exact) mass is 421 g/mol. The summed E-state index contributed by atoms with van der Waals surface area (Å²) >= 11 is 0. The Hall–Kier alpha value is -2.89. The largest absolute Gasteiger partial charge is 0.311 e. The van der Waals surface area contributed by atoms with Gasteiger partial charge < -0.3 is 5.32 Å². The number of aromatic nitrogens is 4. The highest BCUT2D eigenvalue weighted by atomic mass is 16.1. The van der Waals surface area contributed by atoms with Gasteiger partial charge in [-0.3, -0.25) is 9.48 Å². The molecule has 3 aromatic rings. The predicted octanol–water partition coefficient (Wildman–Crippen LogP) is 4.88. The second-order valence-electron chi connectivity index (χ2n) is 9.77. The van der Waals surface area contributed by atoms with Crippen LogP contribution in [-0.2, 0) is 29.7 Å². The Balaban J connectivity index is 1.68. The van der Waals surface area contributed by atoms with E-state index in [-0.39, 0.29) is 11.3 Å². The lowest BCUT2D eigenvalue weighted by Gasteiger charge is -2.19. The average Bonchev–Trinajstić information content (AvgIpc) is 3.20. The second-order valence-corrected chi connectivity index (χ2v) is 9.77. The van der Waals surface area contributed by atoms with Gasteiger partial charge in [-0.05, 0) is 36.3 Å². The third-order valence-electron chi connectivity index (χ3n) is 5.54. The fraction of sp³-hybridized carbons (Fsp3) is 0.480. The van der Waals surface area contributed by atoms with Crippen molar-refractivity contribution in [3.05, 3.63) is 64.6 Å². The zero-order valence-corrected chi connectivity index (χ0v) is 19.9. The first-order valence-electron chi connectivity index (χ1n) is 11.0. The van der Waals surface area contributed by atoms with Gasteiger partial charge in [-0.25, -0.2) is 4.68 Å². The minimum absolute atomic E-state index is 0.0554. The number of nitrogens with one attached hydrogen (secondary N) is 1. The minimum Gasteiger partial charge on any atom is -0.311 e. The molecule has 0 aliphatic carbocycles. The van der Waals surface area contributed by atoms with Crippen LogP contribution in [0.2, 0.25) is 0 Å². The van der Waals surface area contributed by atoms with Gasteiger partial charge in [-0.15, -0.1) is 0 Å². The summed E-state index contributed by atoms with van der Waals surface area (Å²) in [6, 6.07) is 10.4. The van der Waals surface area contributed by atoms with Gasteiger partial charge in [0.25, 0.3) is 0 Å². The molecule has 2 aromatic heterocycles. The SMILES string of the molecule is Cc1nn(CC(C)C)c(C)c1CC(=O)Nc1ccnn1Cc1ccc(C(C)(C)C)cc1. The molecule has 1 N–H and O–H groups in total. The molecule has 1 amide bonds. The molecule has 3 rings (SSSR count). The molecule has 0 fully saturated rings. The van der Waals surface area contributed by atoms with Crippen LogP contribution >= 0.6 is 0 Å². The molecule has 31 heavy (non-hydrogen) atoms. The Morgan fingerprint density at radius 1 is 1.06 bits per heavy atom. The molecule has 0 saturated heterocycles. The molecule has 2 heterocycles. The molecular weight excluding hydrogens is 386 g/mol.